The normalized spacial score (nSPS) is 22.1. The van der Waals surface area contributed by atoms with E-state index in [1.165, 1.54) is 11.1 Å². The number of hydrogen-bond donors (Lipinski definition) is 1. The Kier molecular flexibility index (Phi) is 4.60. The van der Waals surface area contributed by atoms with Crippen LogP contribution in [0.2, 0.25) is 0 Å². The number of amides is 1. The summed E-state index contributed by atoms with van der Waals surface area (Å²) >= 11 is 0. The van der Waals surface area contributed by atoms with Gasteiger partial charge in [-0.15, -0.1) is 0 Å². The van der Waals surface area contributed by atoms with Crippen LogP contribution in [0.1, 0.15) is 29.8 Å². The van der Waals surface area contributed by atoms with Crippen molar-refractivity contribution in [2.75, 3.05) is 19.3 Å². The van der Waals surface area contributed by atoms with Gasteiger partial charge < -0.3 is 4.90 Å². The first-order chi connectivity index (χ1) is 9.40. The minimum atomic E-state index is -0.923. The first-order valence-electron chi connectivity index (χ1n) is 6.82. The fraction of sp³-hybridized carbons (Fsp3) is 0.533. The average molecular weight is 294 g/mol. The molecular weight excluding hydrogens is 272 g/mol. The summed E-state index contributed by atoms with van der Waals surface area (Å²) in [6.07, 6.45) is 1.58. The molecule has 1 fully saturated rings. The molecule has 0 saturated carbocycles. The maximum absolute atomic E-state index is 12.1. The van der Waals surface area contributed by atoms with Gasteiger partial charge in [-0.25, -0.2) is 0 Å². The van der Waals surface area contributed by atoms with E-state index in [1.807, 2.05) is 11.8 Å². The van der Waals surface area contributed by atoms with E-state index in [2.05, 4.69) is 37.4 Å². The molecule has 0 aromatic heterocycles. The number of aryl methyl sites for hydroxylation is 2. The predicted molar refractivity (Wildman–Crippen MR) is 81.9 cm³/mol. The van der Waals surface area contributed by atoms with Crippen LogP contribution in [0.4, 0.5) is 0 Å². The molecule has 1 amide bonds. The van der Waals surface area contributed by atoms with Crippen molar-refractivity contribution in [1.82, 2.24) is 10.2 Å². The molecule has 1 saturated heterocycles. The molecule has 1 aliphatic rings. The number of rotatable bonds is 4. The molecule has 5 heteroatoms. The van der Waals surface area contributed by atoms with Gasteiger partial charge in [0.1, 0.15) is 6.17 Å². The van der Waals surface area contributed by atoms with Gasteiger partial charge in [-0.1, -0.05) is 23.8 Å². The number of benzene rings is 1. The fourth-order valence-electron chi connectivity index (χ4n) is 2.54. The van der Waals surface area contributed by atoms with Crippen LogP contribution in [-0.2, 0) is 15.6 Å². The molecule has 2 rings (SSSR count). The third kappa shape index (κ3) is 3.10. The monoisotopic (exact) mass is 294 g/mol. The largest absolute Gasteiger partial charge is 0.321 e. The van der Waals surface area contributed by atoms with Crippen molar-refractivity contribution in [2.45, 2.75) is 32.2 Å². The maximum Gasteiger partial charge on any atom is 0.238 e. The van der Waals surface area contributed by atoms with Gasteiger partial charge in [0.2, 0.25) is 5.91 Å². The van der Waals surface area contributed by atoms with E-state index in [0.717, 1.165) is 5.56 Å². The Hall–Kier alpha value is -1.20. The van der Waals surface area contributed by atoms with Gasteiger partial charge in [-0.2, -0.15) is 0 Å². The summed E-state index contributed by atoms with van der Waals surface area (Å²) in [7, 11) is -0.923. The topological polar surface area (TPSA) is 49.4 Å². The molecule has 4 nitrogen and oxygen atoms in total. The summed E-state index contributed by atoms with van der Waals surface area (Å²) in [6.45, 7) is 6.91. The molecule has 20 heavy (non-hydrogen) atoms. The van der Waals surface area contributed by atoms with Crippen molar-refractivity contribution >= 4 is 16.7 Å². The van der Waals surface area contributed by atoms with E-state index < -0.39 is 10.8 Å². The van der Waals surface area contributed by atoms with Crippen molar-refractivity contribution in [2.24, 2.45) is 0 Å². The van der Waals surface area contributed by atoms with Crippen LogP contribution in [0.3, 0.4) is 0 Å². The number of hydrogen-bond acceptors (Lipinski definition) is 3. The average Bonchev–Trinajstić information content (AvgIpc) is 2.71. The van der Waals surface area contributed by atoms with Gasteiger partial charge in [-0.05, 0) is 31.9 Å². The smallest absolute Gasteiger partial charge is 0.238 e. The summed E-state index contributed by atoms with van der Waals surface area (Å²) in [5.74, 6) is 0.0762. The zero-order valence-electron chi connectivity index (χ0n) is 12.5. The molecule has 1 aromatic carbocycles. The lowest BCUT2D eigenvalue weighted by atomic mass is 10.0. The second-order valence-corrected chi connectivity index (χ2v) is 7.30. The van der Waals surface area contributed by atoms with E-state index in [9.17, 15) is 9.00 Å². The highest BCUT2D eigenvalue weighted by Gasteiger charge is 2.33. The van der Waals surface area contributed by atoms with E-state index in [0.29, 0.717) is 13.1 Å². The summed E-state index contributed by atoms with van der Waals surface area (Å²) in [5.41, 5.74) is 3.51. The Labute approximate surface area is 123 Å². The summed E-state index contributed by atoms with van der Waals surface area (Å²) in [5, 5.41) is 3.23. The van der Waals surface area contributed by atoms with E-state index in [4.69, 9.17) is 0 Å². The van der Waals surface area contributed by atoms with E-state index in [1.54, 1.807) is 6.26 Å². The molecule has 0 spiro atoms. The molecule has 110 valence electrons. The Morgan fingerprint density at radius 2 is 2.15 bits per heavy atom. The summed E-state index contributed by atoms with van der Waals surface area (Å²) in [4.78, 5) is 13.9. The highest BCUT2D eigenvalue weighted by atomic mass is 32.2. The lowest BCUT2D eigenvalue weighted by molar-refractivity contribution is -0.128. The first kappa shape index (κ1) is 15.2. The van der Waals surface area contributed by atoms with Gasteiger partial charge in [0.15, 0.2) is 0 Å². The van der Waals surface area contributed by atoms with Crippen molar-refractivity contribution in [3.8, 4) is 0 Å². The lowest BCUT2D eigenvalue weighted by Gasteiger charge is -2.28. The molecular formula is C15H22N2O2S. The molecule has 0 bridgehead atoms. The molecule has 0 radical (unpaired) electrons. The van der Waals surface area contributed by atoms with Gasteiger partial charge >= 0.3 is 0 Å². The van der Waals surface area contributed by atoms with Gasteiger partial charge in [-0.3, -0.25) is 14.3 Å². The van der Waals surface area contributed by atoms with Crippen LogP contribution in [0.5, 0.6) is 0 Å². The molecule has 1 heterocycles. The van der Waals surface area contributed by atoms with Gasteiger partial charge in [0.05, 0.1) is 6.54 Å². The highest BCUT2D eigenvalue weighted by molar-refractivity contribution is 7.84. The minimum Gasteiger partial charge on any atom is -0.321 e. The molecule has 1 aliphatic heterocycles. The zero-order chi connectivity index (χ0) is 14.9. The standard InChI is InChI=1S/C15H22N2O2S/c1-10-5-6-13(11(2)7-10)15-16-8-14(18)17(15)9-12(3)20(4)19/h5-7,12,15-16H,8-9H2,1-4H3. The van der Waals surface area contributed by atoms with Crippen molar-refractivity contribution in [3.63, 3.8) is 0 Å². The van der Waals surface area contributed by atoms with Crippen LogP contribution in [0.25, 0.3) is 0 Å². The molecule has 1 N–H and O–H groups in total. The highest BCUT2D eigenvalue weighted by Crippen LogP contribution is 2.26. The Bertz CT molecular complexity index is 545. The zero-order valence-corrected chi connectivity index (χ0v) is 13.3. The Balaban J connectivity index is 2.25. The lowest BCUT2D eigenvalue weighted by Crippen LogP contribution is -2.37. The van der Waals surface area contributed by atoms with Gasteiger partial charge in [0.25, 0.3) is 0 Å². The van der Waals surface area contributed by atoms with Crippen LogP contribution in [0.15, 0.2) is 18.2 Å². The van der Waals surface area contributed by atoms with Gasteiger partial charge in [0, 0.05) is 28.9 Å². The van der Waals surface area contributed by atoms with Crippen LogP contribution < -0.4 is 5.32 Å². The Morgan fingerprint density at radius 3 is 2.75 bits per heavy atom. The van der Waals surface area contributed by atoms with E-state index >= 15 is 0 Å². The first-order valence-corrected chi connectivity index (χ1v) is 8.44. The second-order valence-electron chi connectivity index (χ2n) is 5.50. The Morgan fingerprint density at radius 1 is 1.45 bits per heavy atom. The van der Waals surface area contributed by atoms with Crippen molar-refractivity contribution in [3.05, 3.63) is 34.9 Å². The molecule has 0 aliphatic carbocycles. The van der Waals surface area contributed by atoms with Crippen molar-refractivity contribution in [1.29, 1.82) is 0 Å². The second kappa shape index (κ2) is 6.06. The number of nitrogens with zero attached hydrogens (tertiary/aromatic N) is 1. The minimum absolute atomic E-state index is 0.0212. The third-order valence-corrected chi connectivity index (χ3v) is 5.10. The van der Waals surface area contributed by atoms with Crippen LogP contribution in [0, 0.1) is 13.8 Å². The molecule has 3 atom stereocenters. The number of carbonyl (C=O) groups is 1. The third-order valence-electron chi connectivity index (χ3n) is 3.82. The van der Waals surface area contributed by atoms with Crippen LogP contribution in [-0.4, -0.2) is 39.6 Å². The van der Waals surface area contributed by atoms with Crippen molar-refractivity contribution < 1.29 is 9.00 Å². The molecule has 3 unspecified atom stereocenters. The SMILES string of the molecule is Cc1ccc(C2NCC(=O)N2CC(C)S(C)=O)c(C)c1. The number of carbonyl (C=O) groups excluding carboxylic acids is 1. The molecule has 1 aromatic rings. The predicted octanol–water partition coefficient (Wildman–Crippen LogP) is 1.50. The fourth-order valence-corrected chi connectivity index (χ4v) is 2.91. The van der Waals surface area contributed by atoms with E-state index in [-0.39, 0.29) is 17.3 Å². The summed E-state index contributed by atoms with van der Waals surface area (Å²) < 4.78 is 11.5. The maximum atomic E-state index is 12.1. The summed E-state index contributed by atoms with van der Waals surface area (Å²) in [6, 6.07) is 6.26. The van der Waals surface area contributed by atoms with Crippen LogP contribution >= 0.6 is 0 Å². The number of nitrogens with one attached hydrogen (secondary N) is 1. The quantitative estimate of drug-likeness (QED) is 0.915.